The van der Waals surface area contributed by atoms with E-state index in [1.165, 1.54) is 16.0 Å². The predicted octanol–water partition coefficient (Wildman–Crippen LogP) is 4.26. The maximum atomic E-state index is 13.5. The van der Waals surface area contributed by atoms with Gasteiger partial charge in [0.2, 0.25) is 4.96 Å². The number of benzene rings is 2. The third-order valence-corrected chi connectivity index (χ3v) is 6.20. The van der Waals surface area contributed by atoms with E-state index in [4.69, 9.17) is 0 Å². The molecule has 0 fully saturated rings. The number of aromatic nitrogens is 5. The van der Waals surface area contributed by atoms with Gasteiger partial charge in [-0.1, -0.05) is 60.7 Å². The van der Waals surface area contributed by atoms with Crippen LogP contribution in [0.3, 0.4) is 0 Å². The molecule has 2 aromatic carbocycles. The van der Waals surface area contributed by atoms with Crippen LogP contribution >= 0.6 is 11.3 Å². The van der Waals surface area contributed by atoms with Crippen LogP contribution in [0.5, 0.6) is 0 Å². The topological polar surface area (TPSA) is 94.2 Å². The van der Waals surface area contributed by atoms with Crippen molar-refractivity contribution in [3.05, 3.63) is 87.7 Å². The first-order valence-corrected chi connectivity index (χ1v) is 11.3. The third-order valence-electron chi connectivity index (χ3n) is 5.26. The summed E-state index contributed by atoms with van der Waals surface area (Å²) in [6.07, 6.45) is 0. The lowest BCUT2D eigenvalue weighted by atomic mass is 9.95. The molecule has 0 aliphatic rings. The number of nitrogens with one attached hydrogen (secondary N) is 1. The number of nitrogens with zero attached hydrogens (tertiary/aromatic N) is 5. The third kappa shape index (κ3) is 3.72. The highest BCUT2D eigenvalue weighted by atomic mass is 32.1. The highest BCUT2D eigenvalue weighted by molar-refractivity contribution is 7.15. The summed E-state index contributed by atoms with van der Waals surface area (Å²) in [5, 5.41) is 13.6. The molecule has 3 heterocycles. The Morgan fingerprint density at radius 2 is 1.67 bits per heavy atom. The average molecular weight is 457 g/mol. The van der Waals surface area contributed by atoms with Crippen LogP contribution < -0.4 is 10.9 Å². The standard InChI is InChI=1S/C24H20N6O2S/c1-3-29-22(32)19(21(31)25-23-26-24-30(28-23)15(2)14-33-24)18(16-10-6-4-7-11-16)20(27-29)17-12-8-5-9-13-17/h4-14H,3H2,1-2H3,(H,25,28,31). The molecule has 8 nitrogen and oxygen atoms in total. The van der Waals surface area contributed by atoms with Crippen molar-refractivity contribution in [2.24, 2.45) is 0 Å². The molecule has 1 amide bonds. The van der Waals surface area contributed by atoms with Crippen LogP contribution in [0.4, 0.5) is 5.95 Å². The zero-order valence-electron chi connectivity index (χ0n) is 18.0. The van der Waals surface area contributed by atoms with E-state index in [1.54, 1.807) is 4.52 Å². The fourth-order valence-electron chi connectivity index (χ4n) is 3.69. The van der Waals surface area contributed by atoms with Gasteiger partial charge in [-0.25, -0.2) is 9.20 Å². The van der Waals surface area contributed by atoms with E-state index in [-0.39, 0.29) is 11.5 Å². The summed E-state index contributed by atoms with van der Waals surface area (Å²) in [6.45, 7) is 4.05. The summed E-state index contributed by atoms with van der Waals surface area (Å²) < 4.78 is 2.97. The van der Waals surface area contributed by atoms with Gasteiger partial charge in [0.25, 0.3) is 17.4 Å². The van der Waals surface area contributed by atoms with Crippen LogP contribution in [-0.4, -0.2) is 30.3 Å². The summed E-state index contributed by atoms with van der Waals surface area (Å²) in [6, 6.07) is 18.9. The molecular weight excluding hydrogens is 436 g/mol. The lowest BCUT2D eigenvalue weighted by Crippen LogP contribution is -2.32. The Bertz CT molecular complexity index is 1520. The van der Waals surface area contributed by atoms with Gasteiger partial charge >= 0.3 is 0 Å². The zero-order chi connectivity index (χ0) is 22.9. The molecule has 164 valence electrons. The SMILES string of the molecule is CCn1nc(-c2ccccc2)c(-c2ccccc2)c(C(=O)Nc2nc3scc(C)n3n2)c1=O. The molecule has 0 bridgehead atoms. The van der Waals surface area contributed by atoms with Gasteiger partial charge in [-0.2, -0.15) is 10.1 Å². The number of hydrogen-bond donors (Lipinski definition) is 1. The Balaban J connectivity index is 1.72. The molecule has 0 unspecified atom stereocenters. The van der Waals surface area contributed by atoms with Crippen LogP contribution in [0, 0.1) is 6.92 Å². The van der Waals surface area contributed by atoms with Crippen molar-refractivity contribution >= 4 is 28.2 Å². The quantitative estimate of drug-likeness (QED) is 0.426. The second-order valence-corrected chi connectivity index (χ2v) is 8.25. The summed E-state index contributed by atoms with van der Waals surface area (Å²) in [4.78, 5) is 31.9. The molecule has 3 aromatic heterocycles. The molecule has 0 aliphatic carbocycles. The van der Waals surface area contributed by atoms with E-state index in [0.29, 0.717) is 22.8 Å². The van der Waals surface area contributed by atoms with Crippen molar-refractivity contribution in [2.45, 2.75) is 20.4 Å². The predicted molar refractivity (Wildman–Crippen MR) is 129 cm³/mol. The zero-order valence-corrected chi connectivity index (χ0v) is 18.8. The van der Waals surface area contributed by atoms with Gasteiger partial charge in [0.1, 0.15) is 5.56 Å². The van der Waals surface area contributed by atoms with Gasteiger partial charge < -0.3 is 0 Å². The molecule has 1 N–H and O–H groups in total. The lowest BCUT2D eigenvalue weighted by molar-refractivity contribution is 0.102. The Morgan fingerprint density at radius 1 is 1.00 bits per heavy atom. The summed E-state index contributed by atoms with van der Waals surface area (Å²) >= 11 is 1.43. The van der Waals surface area contributed by atoms with Crippen LogP contribution in [0.25, 0.3) is 27.3 Å². The van der Waals surface area contributed by atoms with Crippen molar-refractivity contribution in [3.63, 3.8) is 0 Å². The Morgan fingerprint density at radius 3 is 2.30 bits per heavy atom. The van der Waals surface area contributed by atoms with Crippen LogP contribution in [-0.2, 0) is 6.54 Å². The minimum absolute atomic E-state index is 0.00628. The number of anilines is 1. The van der Waals surface area contributed by atoms with Gasteiger partial charge in [-0.3, -0.25) is 14.9 Å². The van der Waals surface area contributed by atoms with Gasteiger partial charge in [-0.15, -0.1) is 16.4 Å². The maximum absolute atomic E-state index is 13.5. The monoisotopic (exact) mass is 456 g/mol. The summed E-state index contributed by atoms with van der Waals surface area (Å²) in [5.74, 6) is -0.425. The molecule has 33 heavy (non-hydrogen) atoms. The minimum atomic E-state index is -0.573. The molecular formula is C24H20N6O2S. The Hall–Kier alpha value is -4.11. The maximum Gasteiger partial charge on any atom is 0.280 e. The highest BCUT2D eigenvalue weighted by Gasteiger charge is 2.26. The molecule has 0 saturated carbocycles. The van der Waals surface area contributed by atoms with E-state index in [2.05, 4.69) is 20.5 Å². The summed E-state index contributed by atoms with van der Waals surface area (Å²) in [5.41, 5.74) is 3.02. The fraction of sp³-hybridized carbons (Fsp3) is 0.125. The number of rotatable bonds is 5. The van der Waals surface area contributed by atoms with Crippen molar-refractivity contribution in [3.8, 4) is 22.4 Å². The molecule has 5 rings (SSSR count). The lowest BCUT2D eigenvalue weighted by Gasteiger charge is -2.16. The highest BCUT2D eigenvalue weighted by Crippen LogP contribution is 2.32. The molecule has 9 heteroatoms. The van der Waals surface area contributed by atoms with E-state index in [9.17, 15) is 9.59 Å². The Kier molecular flexibility index (Phi) is 5.31. The van der Waals surface area contributed by atoms with Crippen LogP contribution in [0.1, 0.15) is 23.0 Å². The minimum Gasteiger partial charge on any atom is -0.289 e. The van der Waals surface area contributed by atoms with Crippen LogP contribution in [0.15, 0.2) is 70.8 Å². The van der Waals surface area contributed by atoms with E-state index >= 15 is 0 Å². The van der Waals surface area contributed by atoms with E-state index < -0.39 is 11.5 Å². The smallest absolute Gasteiger partial charge is 0.280 e. The summed E-state index contributed by atoms with van der Waals surface area (Å²) in [7, 11) is 0. The normalized spacial score (nSPS) is 11.1. The largest absolute Gasteiger partial charge is 0.289 e. The average Bonchev–Trinajstić information content (AvgIpc) is 3.40. The van der Waals surface area contributed by atoms with Crippen molar-refractivity contribution in [1.82, 2.24) is 24.4 Å². The first kappa shape index (κ1) is 20.8. The molecule has 0 radical (unpaired) electrons. The number of carbonyl (C=O) groups is 1. The second-order valence-electron chi connectivity index (χ2n) is 7.41. The number of amides is 1. The number of aryl methyl sites for hydroxylation is 2. The molecule has 0 aliphatic heterocycles. The van der Waals surface area contributed by atoms with Gasteiger partial charge in [0.05, 0.1) is 11.4 Å². The number of carbonyl (C=O) groups excluding carboxylic acids is 1. The number of hydrogen-bond acceptors (Lipinski definition) is 6. The molecule has 0 saturated heterocycles. The first-order chi connectivity index (χ1) is 16.1. The van der Waals surface area contributed by atoms with Crippen molar-refractivity contribution in [2.75, 3.05) is 5.32 Å². The van der Waals surface area contributed by atoms with E-state index in [0.717, 1.165) is 16.8 Å². The van der Waals surface area contributed by atoms with Gasteiger partial charge in [0, 0.05) is 23.1 Å². The number of fused-ring (bicyclic) bond motifs is 1. The van der Waals surface area contributed by atoms with E-state index in [1.807, 2.05) is 79.9 Å². The van der Waals surface area contributed by atoms with Crippen LogP contribution in [0.2, 0.25) is 0 Å². The van der Waals surface area contributed by atoms with Gasteiger partial charge in [0.15, 0.2) is 0 Å². The molecule has 0 spiro atoms. The molecule has 0 atom stereocenters. The second kappa shape index (κ2) is 8.44. The first-order valence-electron chi connectivity index (χ1n) is 10.4. The van der Waals surface area contributed by atoms with Gasteiger partial charge in [-0.05, 0) is 19.4 Å². The fourth-order valence-corrected chi connectivity index (χ4v) is 4.49. The Labute approximate surface area is 193 Å². The van der Waals surface area contributed by atoms with Crippen molar-refractivity contribution in [1.29, 1.82) is 0 Å². The number of thiazole rings is 1. The van der Waals surface area contributed by atoms with Crippen molar-refractivity contribution < 1.29 is 4.79 Å². The molecule has 5 aromatic rings.